The zero-order valence-corrected chi connectivity index (χ0v) is 9.54. The minimum Gasteiger partial charge on any atom is -0.508 e. The smallest absolute Gasteiger partial charge is 0.379 e. The van der Waals surface area contributed by atoms with E-state index >= 15 is 0 Å². The molecule has 1 aromatic carbocycles. The number of ether oxygens (including phenoxy) is 1. The first-order valence-corrected chi connectivity index (χ1v) is 3.61. The van der Waals surface area contributed by atoms with E-state index in [0.717, 1.165) is 6.92 Å². The van der Waals surface area contributed by atoms with Gasteiger partial charge >= 0.3 is 5.97 Å². The fourth-order valence-electron chi connectivity index (χ4n) is 0.693. The van der Waals surface area contributed by atoms with E-state index in [4.69, 9.17) is 5.11 Å². The quantitative estimate of drug-likeness (QED) is 0.345. The Kier molecular flexibility index (Phi) is 7.78. The summed E-state index contributed by atoms with van der Waals surface area (Å²) in [6.45, 7) is 1.13. The predicted molar refractivity (Wildman–Crippen MR) is 48.0 cm³/mol. The largest absolute Gasteiger partial charge is 0.508 e. The van der Waals surface area contributed by atoms with Gasteiger partial charge in [-0.25, -0.2) is 4.79 Å². The maximum Gasteiger partial charge on any atom is 0.379 e. The molecule has 0 atom stereocenters. The molecule has 1 aromatic rings. The van der Waals surface area contributed by atoms with Crippen molar-refractivity contribution in [2.45, 2.75) is 6.92 Å². The summed E-state index contributed by atoms with van der Waals surface area (Å²) < 4.78 is 4.63. The van der Waals surface area contributed by atoms with Crippen LogP contribution >= 0.6 is 0 Å². The summed E-state index contributed by atoms with van der Waals surface area (Å²) >= 11 is 0. The maximum atomic E-state index is 10.8. The second kappa shape index (κ2) is 7.17. The van der Waals surface area contributed by atoms with Gasteiger partial charge in [0.2, 0.25) is 5.78 Å². The molecular weight excluding hydrogens is 236 g/mol. The first kappa shape index (κ1) is 16.3. The minimum absolute atomic E-state index is 0. The van der Waals surface area contributed by atoms with E-state index in [1.165, 1.54) is 24.3 Å². The second-order valence-electron chi connectivity index (χ2n) is 2.44. The molecule has 0 bridgehead atoms. The van der Waals surface area contributed by atoms with Crippen molar-refractivity contribution in [3.05, 3.63) is 24.3 Å². The number of ketones is 1. The molecular formula is C9H10O5Ti. The number of hydrogen-bond acceptors (Lipinski definition) is 4. The fraction of sp³-hybridized carbons (Fsp3) is 0.111. The van der Waals surface area contributed by atoms with Crippen LogP contribution in [-0.2, 0) is 31.3 Å². The normalized spacial score (nSPS) is 8.07. The van der Waals surface area contributed by atoms with Crippen molar-refractivity contribution in [3.8, 4) is 11.5 Å². The SMILES string of the molecule is CC(=O)C(=O)Oc1ccc(O)cc1.O.[Ti]. The number of aromatic hydroxyl groups is 1. The van der Waals surface area contributed by atoms with Crippen LogP contribution in [0.5, 0.6) is 11.5 Å². The number of Topliss-reactive ketones (excluding diaryl/α,β-unsaturated/α-hetero) is 1. The van der Waals surface area contributed by atoms with Crippen molar-refractivity contribution < 1.29 is 46.6 Å². The molecule has 3 N–H and O–H groups in total. The van der Waals surface area contributed by atoms with Crippen molar-refractivity contribution in [1.82, 2.24) is 0 Å². The van der Waals surface area contributed by atoms with Crippen molar-refractivity contribution >= 4 is 11.8 Å². The van der Waals surface area contributed by atoms with Gasteiger partial charge in [0.1, 0.15) is 11.5 Å². The van der Waals surface area contributed by atoms with Crippen LogP contribution in [0, 0.1) is 0 Å². The fourth-order valence-corrected chi connectivity index (χ4v) is 0.693. The van der Waals surface area contributed by atoms with Crippen LogP contribution in [0.4, 0.5) is 0 Å². The Labute approximate surface area is 101 Å². The Morgan fingerprint density at radius 1 is 1.20 bits per heavy atom. The average Bonchev–Trinajstić information content (AvgIpc) is 2.08. The molecule has 0 aromatic heterocycles. The number of benzene rings is 1. The zero-order valence-electron chi connectivity index (χ0n) is 7.98. The van der Waals surface area contributed by atoms with Crippen molar-refractivity contribution in [3.63, 3.8) is 0 Å². The van der Waals surface area contributed by atoms with Crippen molar-refractivity contribution in [1.29, 1.82) is 0 Å². The molecule has 1 rings (SSSR count). The van der Waals surface area contributed by atoms with Crippen LogP contribution in [0.2, 0.25) is 0 Å². The third-order valence-corrected chi connectivity index (χ3v) is 1.33. The Hall–Kier alpha value is -1.17. The molecule has 0 aliphatic carbocycles. The number of esters is 1. The van der Waals surface area contributed by atoms with E-state index in [0.29, 0.717) is 0 Å². The zero-order chi connectivity index (χ0) is 9.84. The molecule has 6 heteroatoms. The molecule has 15 heavy (non-hydrogen) atoms. The van der Waals surface area contributed by atoms with Crippen LogP contribution in [0.1, 0.15) is 6.92 Å². The monoisotopic (exact) mass is 246 g/mol. The van der Waals surface area contributed by atoms with Crippen molar-refractivity contribution in [2.24, 2.45) is 0 Å². The molecule has 0 saturated heterocycles. The second-order valence-corrected chi connectivity index (χ2v) is 2.44. The van der Waals surface area contributed by atoms with Gasteiger partial charge in [-0.2, -0.15) is 0 Å². The number of phenolic OH excluding ortho intramolecular Hbond substituents is 1. The summed E-state index contributed by atoms with van der Waals surface area (Å²) in [5, 5.41) is 8.89. The topological polar surface area (TPSA) is 95.1 Å². The van der Waals surface area contributed by atoms with Crippen LogP contribution < -0.4 is 4.74 Å². The molecule has 0 aliphatic heterocycles. The van der Waals surface area contributed by atoms with Gasteiger partial charge in [0, 0.05) is 28.6 Å². The molecule has 0 unspecified atom stereocenters. The van der Waals surface area contributed by atoms with E-state index in [1.807, 2.05) is 0 Å². The average molecular weight is 246 g/mol. The summed E-state index contributed by atoms with van der Waals surface area (Å²) in [6, 6.07) is 5.53. The van der Waals surface area contributed by atoms with Gasteiger partial charge in [-0.15, -0.1) is 0 Å². The summed E-state index contributed by atoms with van der Waals surface area (Å²) in [6.07, 6.45) is 0. The number of phenols is 1. The summed E-state index contributed by atoms with van der Waals surface area (Å²) in [7, 11) is 0. The van der Waals surface area contributed by atoms with E-state index in [9.17, 15) is 9.59 Å². The third-order valence-electron chi connectivity index (χ3n) is 1.33. The minimum atomic E-state index is -0.911. The van der Waals surface area contributed by atoms with Gasteiger partial charge in [-0.05, 0) is 24.3 Å². The van der Waals surface area contributed by atoms with Crippen LogP contribution in [0.25, 0.3) is 0 Å². The van der Waals surface area contributed by atoms with E-state index in [-0.39, 0.29) is 38.7 Å². The van der Waals surface area contributed by atoms with E-state index in [2.05, 4.69) is 4.74 Å². The Morgan fingerprint density at radius 2 is 1.67 bits per heavy atom. The molecule has 0 fully saturated rings. The van der Waals surface area contributed by atoms with Gasteiger partial charge in [0.15, 0.2) is 0 Å². The molecule has 0 heterocycles. The van der Waals surface area contributed by atoms with Gasteiger partial charge in [-0.3, -0.25) is 4.79 Å². The molecule has 0 saturated carbocycles. The van der Waals surface area contributed by atoms with Gasteiger partial charge in [-0.1, -0.05) is 0 Å². The van der Waals surface area contributed by atoms with E-state index < -0.39 is 11.8 Å². The van der Waals surface area contributed by atoms with Crippen LogP contribution in [0.3, 0.4) is 0 Å². The molecule has 0 amide bonds. The molecule has 0 aliphatic rings. The maximum absolute atomic E-state index is 10.8. The molecule has 5 nitrogen and oxygen atoms in total. The van der Waals surface area contributed by atoms with Gasteiger partial charge in [0.25, 0.3) is 0 Å². The Bertz CT molecular complexity index is 333. The summed E-state index contributed by atoms with van der Waals surface area (Å²) in [5.41, 5.74) is 0. The number of carbonyl (C=O) groups excluding carboxylic acids is 2. The Balaban J connectivity index is 0. The molecule has 80 valence electrons. The van der Waals surface area contributed by atoms with Crippen LogP contribution in [-0.4, -0.2) is 22.3 Å². The van der Waals surface area contributed by atoms with Crippen LogP contribution in [0.15, 0.2) is 24.3 Å². The first-order valence-electron chi connectivity index (χ1n) is 3.61. The van der Waals surface area contributed by atoms with Gasteiger partial charge in [0.05, 0.1) is 0 Å². The summed E-state index contributed by atoms with van der Waals surface area (Å²) in [5.74, 6) is -1.26. The first-order chi connectivity index (χ1) is 6.09. The number of rotatable bonds is 2. The summed E-state index contributed by atoms with van der Waals surface area (Å²) in [4.78, 5) is 21.3. The van der Waals surface area contributed by atoms with Gasteiger partial charge < -0.3 is 15.3 Å². The molecule has 0 radical (unpaired) electrons. The van der Waals surface area contributed by atoms with E-state index in [1.54, 1.807) is 0 Å². The Morgan fingerprint density at radius 3 is 2.07 bits per heavy atom. The third kappa shape index (κ3) is 5.32. The number of hydrogen-bond donors (Lipinski definition) is 1. The predicted octanol–water partition coefficient (Wildman–Crippen LogP) is 0.0594. The van der Waals surface area contributed by atoms with Crippen molar-refractivity contribution in [2.75, 3.05) is 0 Å². The standard InChI is InChI=1S/C9H8O4.H2O.Ti/c1-6(10)9(12)13-8-4-2-7(11)3-5-8;;/h2-5,11H,1H3;1H2;. The molecule has 0 spiro atoms. The number of carbonyl (C=O) groups is 2.